The molecule has 0 radical (unpaired) electrons. The Labute approximate surface area is 122 Å². The number of ether oxygens (including phenoxy) is 1. The molecule has 1 aromatic heterocycles. The molecular weight excluding hydrogens is 272 g/mol. The standard InChI is InChI=1S/C15H18N2O2S/c1-2-19-12-6-3-5-11(9-12)10-17-15(18)14(16)13-7-4-8-20-13/h3-9,14H,2,10,16H2,1H3,(H,17,18). The lowest BCUT2D eigenvalue weighted by Gasteiger charge is -2.11. The molecule has 1 unspecified atom stereocenters. The average molecular weight is 290 g/mol. The topological polar surface area (TPSA) is 64.3 Å². The summed E-state index contributed by atoms with van der Waals surface area (Å²) in [5.74, 6) is 0.635. The van der Waals surface area contributed by atoms with Gasteiger partial charge in [-0.25, -0.2) is 0 Å². The average Bonchev–Trinajstić information content (AvgIpc) is 2.99. The zero-order valence-corrected chi connectivity index (χ0v) is 12.2. The molecule has 0 spiro atoms. The van der Waals surface area contributed by atoms with Crippen LogP contribution in [0.2, 0.25) is 0 Å². The van der Waals surface area contributed by atoms with Crippen molar-refractivity contribution in [2.24, 2.45) is 5.73 Å². The molecule has 20 heavy (non-hydrogen) atoms. The second-order valence-electron chi connectivity index (χ2n) is 4.29. The van der Waals surface area contributed by atoms with E-state index in [0.717, 1.165) is 16.2 Å². The molecule has 0 aliphatic rings. The molecule has 0 saturated heterocycles. The van der Waals surface area contributed by atoms with Crippen LogP contribution in [0.15, 0.2) is 41.8 Å². The minimum absolute atomic E-state index is 0.172. The predicted molar refractivity (Wildman–Crippen MR) is 80.7 cm³/mol. The van der Waals surface area contributed by atoms with E-state index in [1.807, 2.05) is 48.7 Å². The Morgan fingerprint density at radius 2 is 2.25 bits per heavy atom. The second-order valence-corrected chi connectivity index (χ2v) is 5.27. The number of rotatable bonds is 6. The summed E-state index contributed by atoms with van der Waals surface area (Å²) in [7, 11) is 0. The maximum atomic E-state index is 12.0. The highest BCUT2D eigenvalue weighted by Gasteiger charge is 2.16. The van der Waals surface area contributed by atoms with Crippen molar-refractivity contribution < 1.29 is 9.53 Å². The molecule has 0 aliphatic heterocycles. The van der Waals surface area contributed by atoms with Crippen LogP contribution in [0.1, 0.15) is 23.4 Å². The van der Waals surface area contributed by atoms with E-state index in [0.29, 0.717) is 13.2 Å². The van der Waals surface area contributed by atoms with Gasteiger partial charge in [0, 0.05) is 11.4 Å². The van der Waals surface area contributed by atoms with E-state index in [2.05, 4.69) is 5.32 Å². The number of amides is 1. The molecule has 1 atom stereocenters. The number of benzene rings is 1. The smallest absolute Gasteiger partial charge is 0.242 e. The van der Waals surface area contributed by atoms with Crippen molar-refractivity contribution in [3.8, 4) is 5.75 Å². The third-order valence-electron chi connectivity index (χ3n) is 2.81. The third-order valence-corrected chi connectivity index (χ3v) is 3.76. The largest absolute Gasteiger partial charge is 0.494 e. The van der Waals surface area contributed by atoms with Gasteiger partial charge in [0.1, 0.15) is 11.8 Å². The first-order chi connectivity index (χ1) is 9.70. The molecule has 2 rings (SSSR count). The summed E-state index contributed by atoms with van der Waals surface area (Å²) in [5, 5.41) is 4.75. The molecule has 0 bridgehead atoms. The summed E-state index contributed by atoms with van der Waals surface area (Å²) in [6.45, 7) is 3.01. The first kappa shape index (κ1) is 14.6. The Hall–Kier alpha value is -1.85. The number of thiophene rings is 1. The number of hydrogen-bond donors (Lipinski definition) is 2. The van der Waals surface area contributed by atoms with Gasteiger partial charge >= 0.3 is 0 Å². The summed E-state index contributed by atoms with van der Waals surface area (Å²) >= 11 is 1.48. The van der Waals surface area contributed by atoms with E-state index in [9.17, 15) is 4.79 Å². The Bertz CT molecular complexity index is 555. The van der Waals surface area contributed by atoms with Gasteiger partial charge in [0.2, 0.25) is 5.91 Å². The van der Waals surface area contributed by atoms with Crippen molar-refractivity contribution in [1.82, 2.24) is 5.32 Å². The van der Waals surface area contributed by atoms with E-state index in [-0.39, 0.29) is 5.91 Å². The zero-order chi connectivity index (χ0) is 14.4. The van der Waals surface area contributed by atoms with Crippen LogP contribution in [-0.2, 0) is 11.3 Å². The molecule has 5 heteroatoms. The van der Waals surface area contributed by atoms with Gasteiger partial charge in [0.25, 0.3) is 0 Å². The van der Waals surface area contributed by atoms with Crippen molar-refractivity contribution in [2.45, 2.75) is 19.5 Å². The summed E-state index contributed by atoms with van der Waals surface area (Å²) in [6, 6.07) is 10.8. The van der Waals surface area contributed by atoms with E-state index in [1.165, 1.54) is 11.3 Å². The van der Waals surface area contributed by atoms with E-state index >= 15 is 0 Å². The van der Waals surface area contributed by atoms with E-state index < -0.39 is 6.04 Å². The first-order valence-electron chi connectivity index (χ1n) is 6.49. The Morgan fingerprint density at radius 1 is 1.40 bits per heavy atom. The monoisotopic (exact) mass is 290 g/mol. The van der Waals surface area contributed by atoms with Gasteiger partial charge in [-0.2, -0.15) is 0 Å². The van der Waals surface area contributed by atoms with E-state index in [1.54, 1.807) is 0 Å². The highest BCUT2D eigenvalue weighted by atomic mass is 32.1. The highest BCUT2D eigenvalue weighted by molar-refractivity contribution is 7.10. The van der Waals surface area contributed by atoms with Crippen LogP contribution < -0.4 is 15.8 Å². The number of nitrogens with one attached hydrogen (secondary N) is 1. The van der Waals surface area contributed by atoms with Gasteiger partial charge < -0.3 is 15.8 Å². The van der Waals surface area contributed by atoms with Gasteiger partial charge in [0.15, 0.2) is 0 Å². The van der Waals surface area contributed by atoms with Crippen LogP contribution >= 0.6 is 11.3 Å². The summed E-state index contributed by atoms with van der Waals surface area (Å²) in [6.07, 6.45) is 0. The normalized spacial score (nSPS) is 11.9. The predicted octanol–water partition coefficient (Wildman–Crippen LogP) is 2.46. The number of carbonyl (C=O) groups excluding carboxylic acids is 1. The number of hydrogen-bond acceptors (Lipinski definition) is 4. The number of nitrogens with two attached hydrogens (primary N) is 1. The van der Waals surface area contributed by atoms with E-state index in [4.69, 9.17) is 10.5 Å². The Kier molecular flexibility index (Phi) is 5.15. The summed E-state index contributed by atoms with van der Waals surface area (Å²) in [4.78, 5) is 12.8. The molecule has 0 fully saturated rings. The van der Waals surface area contributed by atoms with Crippen LogP contribution in [0.25, 0.3) is 0 Å². The van der Waals surface area contributed by atoms with Crippen LogP contribution in [0, 0.1) is 0 Å². The van der Waals surface area contributed by atoms with Crippen LogP contribution in [-0.4, -0.2) is 12.5 Å². The number of carbonyl (C=O) groups is 1. The minimum Gasteiger partial charge on any atom is -0.494 e. The lowest BCUT2D eigenvalue weighted by atomic mass is 10.2. The summed E-state index contributed by atoms with van der Waals surface area (Å²) < 4.78 is 5.42. The van der Waals surface area contributed by atoms with Crippen LogP contribution in [0.3, 0.4) is 0 Å². The van der Waals surface area contributed by atoms with Crippen molar-refractivity contribution >= 4 is 17.2 Å². The molecule has 4 nitrogen and oxygen atoms in total. The Morgan fingerprint density at radius 3 is 2.95 bits per heavy atom. The SMILES string of the molecule is CCOc1cccc(CNC(=O)C(N)c2cccs2)c1. The van der Waals surface area contributed by atoms with Gasteiger partial charge in [-0.3, -0.25) is 4.79 Å². The lowest BCUT2D eigenvalue weighted by molar-refractivity contribution is -0.122. The second kappa shape index (κ2) is 7.07. The maximum Gasteiger partial charge on any atom is 0.242 e. The molecule has 3 N–H and O–H groups in total. The van der Waals surface area contributed by atoms with Crippen molar-refractivity contribution in [3.63, 3.8) is 0 Å². The van der Waals surface area contributed by atoms with Crippen molar-refractivity contribution in [3.05, 3.63) is 52.2 Å². The van der Waals surface area contributed by atoms with Crippen LogP contribution in [0.5, 0.6) is 5.75 Å². The third kappa shape index (κ3) is 3.82. The molecule has 2 aromatic rings. The first-order valence-corrected chi connectivity index (χ1v) is 7.37. The van der Waals surface area contributed by atoms with Crippen LogP contribution in [0.4, 0.5) is 0 Å². The Balaban J connectivity index is 1.91. The molecule has 106 valence electrons. The molecule has 1 amide bonds. The van der Waals surface area contributed by atoms with Gasteiger partial charge in [-0.05, 0) is 36.1 Å². The molecule has 1 heterocycles. The maximum absolute atomic E-state index is 12.0. The fourth-order valence-electron chi connectivity index (χ4n) is 1.81. The lowest BCUT2D eigenvalue weighted by Crippen LogP contribution is -2.33. The zero-order valence-electron chi connectivity index (χ0n) is 11.3. The fourth-order valence-corrected chi connectivity index (χ4v) is 2.53. The minimum atomic E-state index is -0.606. The fraction of sp³-hybridized carbons (Fsp3) is 0.267. The molecular formula is C15H18N2O2S. The molecule has 0 aliphatic carbocycles. The van der Waals surface area contributed by atoms with Gasteiger partial charge in [-0.15, -0.1) is 11.3 Å². The quantitative estimate of drug-likeness (QED) is 0.859. The van der Waals surface area contributed by atoms with Crippen molar-refractivity contribution in [1.29, 1.82) is 0 Å². The highest BCUT2D eigenvalue weighted by Crippen LogP contribution is 2.17. The van der Waals surface area contributed by atoms with Crippen molar-refractivity contribution in [2.75, 3.05) is 6.61 Å². The van der Waals surface area contributed by atoms with Gasteiger partial charge in [0.05, 0.1) is 6.61 Å². The molecule has 0 saturated carbocycles. The van der Waals surface area contributed by atoms with Gasteiger partial charge in [-0.1, -0.05) is 18.2 Å². The molecule has 1 aromatic carbocycles. The summed E-state index contributed by atoms with van der Waals surface area (Å²) in [5.41, 5.74) is 6.89.